The number of aromatic amines is 1. The number of rotatable bonds is 6. The molecule has 0 saturated heterocycles. The number of aromatic nitrogens is 4. The molecule has 4 aromatic rings. The van der Waals surface area contributed by atoms with Gasteiger partial charge in [-0.1, -0.05) is 36.4 Å². The number of benzene rings is 1. The third kappa shape index (κ3) is 5.49. The minimum atomic E-state index is -0.270. The summed E-state index contributed by atoms with van der Waals surface area (Å²) in [6.07, 6.45) is 4.68. The van der Waals surface area contributed by atoms with Crippen molar-refractivity contribution in [1.82, 2.24) is 30.4 Å². The topological polar surface area (TPSA) is 105 Å². The Morgan fingerprint density at radius 3 is 2.52 bits per heavy atom. The summed E-state index contributed by atoms with van der Waals surface area (Å²) in [5.41, 5.74) is 5.68. The van der Waals surface area contributed by atoms with E-state index in [2.05, 4.69) is 68.4 Å². The van der Waals surface area contributed by atoms with Gasteiger partial charge in [0.05, 0.1) is 28.9 Å². The zero-order chi connectivity index (χ0) is 28.8. The zero-order valence-corrected chi connectivity index (χ0v) is 24.3. The van der Waals surface area contributed by atoms with E-state index < -0.39 is 0 Å². The fourth-order valence-corrected chi connectivity index (χ4v) is 5.97. The summed E-state index contributed by atoms with van der Waals surface area (Å²) in [5.74, 6) is -0.270. The summed E-state index contributed by atoms with van der Waals surface area (Å²) in [6, 6.07) is 13.8. The molecule has 8 nitrogen and oxygen atoms in total. The Morgan fingerprint density at radius 1 is 1.12 bits per heavy atom. The first-order valence-corrected chi connectivity index (χ1v) is 13.8. The van der Waals surface area contributed by atoms with Gasteiger partial charge in [-0.2, -0.15) is 5.10 Å². The Labute approximate surface area is 234 Å². The maximum atomic E-state index is 13.7. The maximum Gasteiger partial charge on any atom is 0.253 e. The summed E-state index contributed by atoms with van der Waals surface area (Å²) in [7, 11) is 0. The van der Waals surface area contributed by atoms with Crippen LogP contribution in [0, 0.1) is 13.8 Å². The molecular weight excluding hydrogens is 500 g/mol. The van der Waals surface area contributed by atoms with E-state index in [9.17, 15) is 9.59 Å². The van der Waals surface area contributed by atoms with Crippen LogP contribution >= 0.6 is 0 Å². The second kappa shape index (κ2) is 10.2. The fraction of sp³-hybridized carbons (Fsp3) is 0.375. The van der Waals surface area contributed by atoms with E-state index in [-0.39, 0.29) is 35.1 Å². The third-order valence-electron chi connectivity index (χ3n) is 7.54. The van der Waals surface area contributed by atoms with Crippen LogP contribution in [0.1, 0.15) is 85.5 Å². The van der Waals surface area contributed by atoms with E-state index in [4.69, 9.17) is 10.1 Å². The molecule has 40 heavy (non-hydrogen) atoms. The van der Waals surface area contributed by atoms with Gasteiger partial charge >= 0.3 is 0 Å². The van der Waals surface area contributed by atoms with Crippen LogP contribution in [-0.2, 0) is 6.54 Å². The minimum absolute atomic E-state index is 0.0824. The van der Waals surface area contributed by atoms with Crippen molar-refractivity contribution in [3.05, 3.63) is 98.7 Å². The Bertz CT molecular complexity index is 1680. The van der Waals surface area contributed by atoms with Crippen molar-refractivity contribution in [2.75, 3.05) is 0 Å². The molecule has 1 amide bonds. The van der Waals surface area contributed by atoms with Gasteiger partial charge in [-0.15, -0.1) is 0 Å². The average Bonchev–Trinajstić information content (AvgIpc) is 3.29. The van der Waals surface area contributed by atoms with Crippen molar-refractivity contribution in [2.24, 2.45) is 0 Å². The molecule has 1 atom stereocenters. The molecule has 8 heteroatoms. The Kier molecular flexibility index (Phi) is 7.00. The van der Waals surface area contributed by atoms with E-state index in [1.54, 1.807) is 6.20 Å². The molecule has 5 rings (SSSR count). The lowest BCUT2D eigenvalue weighted by molar-refractivity contribution is 0.0952. The number of hydrogen-bond acceptors (Lipinski definition) is 5. The Balaban J connectivity index is 1.61. The predicted molar refractivity (Wildman–Crippen MR) is 159 cm³/mol. The lowest BCUT2D eigenvalue weighted by atomic mass is 9.82. The standard InChI is InChI=1S/C32H38N6O2/c1-19-13-20(2)35-30(40)25(19)17-33-29(39)24-14-27(23-15-31(4,5)37-32(6,7)16-23)36-28-26(24)18-34-38(28)21(3)22-11-9-8-10-12-22/h8-15,18,21,37H,16-17H2,1-7H3,(H,33,39)(H,35,40). The lowest BCUT2D eigenvalue weighted by Crippen LogP contribution is -2.53. The van der Waals surface area contributed by atoms with Crippen molar-refractivity contribution in [3.63, 3.8) is 0 Å². The lowest BCUT2D eigenvalue weighted by Gasteiger charge is -2.41. The molecule has 0 radical (unpaired) electrons. The molecule has 3 N–H and O–H groups in total. The monoisotopic (exact) mass is 538 g/mol. The number of nitrogens with one attached hydrogen (secondary N) is 3. The van der Waals surface area contributed by atoms with Gasteiger partial charge in [0.25, 0.3) is 11.5 Å². The van der Waals surface area contributed by atoms with Crippen LogP contribution in [0.25, 0.3) is 16.6 Å². The van der Waals surface area contributed by atoms with Crippen molar-refractivity contribution in [3.8, 4) is 0 Å². The van der Waals surface area contributed by atoms with Crippen LogP contribution in [0.4, 0.5) is 0 Å². The smallest absolute Gasteiger partial charge is 0.253 e. The van der Waals surface area contributed by atoms with E-state index in [1.807, 2.05) is 48.9 Å². The van der Waals surface area contributed by atoms with Crippen molar-refractivity contribution in [1.29, 1.82) is 0 Å². The summed E-state index contributed by atoms with van der Waals surface area (Å²) in [4.78, 5) is 34.2. The normalized spacial score (nSPS) is 16.9. The van der Waals surface area contributed by atoms with Crippen molar-refractivity contribution < 1.29 is 4.79 Å². The quantitative estimate of drug-likeness (QED) is 0.313. The summed E-state index contributed by atoms with van der Waals surface area (Å²) in [6.45, 7) is 14.6. The van der Waals surface area contributed by atoms with E-state index in [0.29, 0.717) is 22.2 Å². The summed E-state index contributed by atoms with van der Waals surface area (Å²) in [5, 5.41) is 12.0. The predicted octanol–water partition coefficient (Wildman–Crippen LogP) is 5.21. The SMILES string of the molecule is Cc1cc(C)c(CNC(=O)c2cc(C3=CC(C)(C)NC(C)(C)C3)nc3c2cnn3C(C)c2ccccc2)c(=O)[nH]1. The molecule has 1 aromatic carbocycles. The number of amides is 1. The molecule has 1 unspecified atom stereocenters. The molecule has 208 valence electrons. The molecular formula is C32H38N6O2. The van der Waals surface area contributed by atoms with Crippen molar-refractivity contribution >= 4 is 22.5 Å². The first-order chi connectivity index (χ1) is 18.8. The van der Waals surface area contributed by atoms with E-state index in [0.717, 1.165) is 34.5 Å². The van der Waals surface area contributed by atoms with Gasteiger partial charge in [0, 0.05) is 28.9 Å². The van der Waals surface area contributed by atoms with E-state index >= 15 is 0 Å². The fourth-order valence-electron chi connectivity index (χ4n) is 5.97. The number of nitrogens with zero attached hydrogens (tertiary/aromatic N) is 3. The average molecular weight is 539 g/mol. The Hall–Kier alpha value is -4.04. The van der Waals surface area contributed by atoms with Crippen LogP contribution in [0.3, 0.4) is 0 Å². The minimum Gasteiger partial charge on any atom is -0.348 e. The second-order valence-electron chi connectivity index (χ2n) is 12.2. The van der Waals surface area contributed by atoms with Gasteiger partial charge in [-0.25, -0.2) is 9.67 Å². The molecule has 1 aliphatic heterocycles. The number of fused-ring (bicyclic) bond motifs is 1. The number of hydrogen-bond donors (Lipinski definition) is 3. The van der Waals surface area contributed by atoms with Gasteiger partial charge in [0.15, 0.2) is 5.65 Å². The van der Waals surface area contributed by atoms with Gasteiger partial charge < -0.3 is 15.6 Å². The van der Waals surface area contributed by atoms with Crippen LogP contribution in [-0.4, -0.2) is 36.7 Å². The van der Waals surface area contributed by atoms with Gasteiger partial charge in [0.2, 0.25) is 0 Å². The molecule has 0 fully saturated rings. The van der Waals surface area contributed by atoms with Gasteiger partial charge in [0.1, 0.15) is 0 Å². The first kappa shape index (κ1) is 27.5. The van der Waals surface area contributed by atoms with Crippen LogP contribution in [0.2, 0.25) is 0 Å². The van der Waals surface area contributed by atoms with Crippen LogP contribution < -0.4 is 16.2 Å². The molecule has 0 saturated carbocycles. The van der Waals surface area contributed by atoms with Gasteiger partial charge in [-0.3, -0.25) is 9.59 Å². The van der Waals surface area contributed by atoms with Crippen LogP contribution in [0.15, 0.2) is 59.5 Å². The largest absolute Gasteiger partial charge is 0.348 e. The maximum absolute atomic E-state index is 13.7. The second-order valence-corrected chi connectivity index (χ2v) is 12.2. The Morgan fingerprint density at radius 2 is 1.85 bits per heavy atom. The number of carbonyl (C=O) groups is 1. The molecule has 0 aliphatic carbocycles. The molecule has 1 aliphatic rings. The third-order valence-corrected chi connectivity index (χ3v) is 7.54. The number of aryl methyl sites for hydroxylation is 2. The van der Waals surface area contributed by atoms with Crippen molar-refractivity contribution in [2.45, 2.75) is 78.6 Å². The highest BCUT2D eigenvalue weighted by Gasteiger charge is 2.33. The number of H-pyrrole nitrogens is 1. The number of carbonyl (C=O) groups excluding carboxylic acids is 1. The molecule has 0 bridgehead atoms. The van der Waals surface area contributed by atoms with Crippen LogP contribution in [0.5, 0.6) is 0 Å². The molecule has 3 aromatic heterocycles. The highest BCUT2D eigenvalue weighted by molar-refractivity contribution is 6.06. The van der Waals surface area contributed by atoms with Gasteiger partial charge in [-0.05, 0) is 83.7 Å². The summed E-state index contributed by atoms with van der Waals surface area (Å²) < 4.78 is 1.89. The zero-order valence-electron chi connectivity index (χ0n) is 24.3. The summed E-state index contributed by atoms with van der Waals surface area (Å²) >= 11 is 0. The first-order valence-electron chi connectivity index (χ1n) is 13.8. The molecule has 4 heterocycles. The number of pyridine rings is 2. The molecule has 0 spiro atoms. The highest BCUT2D eigenvalue weighted by atomic mass is 16.1. The van der Waals surface area contributed by atoms with E-state index in [1.165, 1.54) is 0 Å². The highest BCUT2D eigenvalue weighted by Crippen LogP contribution is 2.35.